The van der Waals surface area contributed by atoms with Gasteiger partial charge in [-0.15, -0.1) is 11.8 Å². The van der Waals surface area contributed by atoms with Gasteiger partial charge in [0.25, 0.3) is 0 Å². The number of thioether (sulfide) groups is 1. The van der Waals surface area contributed by atoms with E-state index in [4.69, 9.17) is 9.47 Å². The Bertz CT molecular complexity index is 723. The van der Waals surface area contributed by atoms with Gasteiger partial charge >= 0.3 is 12.0 Å². The number of ether oxygens (including phenoxy) is 2. The van der Waals surface area contributed by atoms with Gasteiger partial charge in [-0.3, -0.25) is 4.79 Å². The van der Waals surface area contributed by atoms with Gasteiger partial charge in [-0.05, 0) is 53.9 Å². The molecule has 31 heavy (non-hydrogen) atoms. The average Bonchev–Trinajstić information content (AvgIpc) is 3.13. The fourth-order valence-electron chi connectivity index (χ4n) is 4.78. The molecular weight excluding hydrogens is 424 g/mol. The molecule has 3 aliphatic heterocycles. The zero-order chi connectivity index (χ0) is 23.5. The SMILES string of the molecule is CC1(C)O[C@](C)(OC(=O)CCCCC2C[C@@H]3NC(=O)N[C@@H]3S2)[C@@](C)(O)[C@](C)(O)[C@]1(C)O. The molecule has 0 radical (unpaired) electrons. The molecule has 7 atom stereocenters. The maximum absolute atomic E-state index is 12.6. The summed E-state index contributed by atoms with van der Waals surface area (Å²) in [6.45, 7) is 8.56. The summed E-state index contributed by atoms with van der Waals surface area (Å²) in [4.78, 5) is 23.9. The number of esters is 1. The van der Waals surface area contributed by atoms with Crippen LogP contribution >= 0.6 is 11.8 Å². The van der Waals surface area contributed by atoms with Crippen molar-refractivity contribution in [2.45, 2.75) is 119 Å². The van der Waals surface area contributed by atoms with Gasteiger partial charge in [-0.2, -0.15) is 0 Å². The van der Waals surface area contributed by atoms with Crippen LogP contribution in [-0.2, 0) is 14.3 Å². The van der Waals surface area contributed by atoms with Gasteiger partial charge in [0.05, 0.1) is 17.0 Å². The summed E-state index contributed by atoms with van der Waals surface area (Å²) in [7, 11) is 0. The summed E-state index contributed by atoms with van der Waals surface area (Å²) in [6, 6.07) is 0.0631. The minimum Gasteiger partial charge on any atom is -0.430 e. The molecule has 3 rings (SSSR count). The van der Waals surface area contributed by atoms with Crippen molar-refractivity contribution in [2.24, 2.45) is 0 Å². The molecule has 0 aromatic rings. The summed E-state index contributed by atoms with van der Waals surface area (Å²) in [6.07, 6.45) is 3.43. The molecule has 0 spiro atoms. The Morgan fingerprint density at radius 1 is 1.06 bits per heavy atom. The van der Waals surface area contributed by atoms with Gasteiger partial charge in [-0.1, -0.05) is 6.42 Å². The maximum Gasteiger partial charge on any atom is 0.316 e. The highest BCUT2D eigenvalue weighted by atomic mass is 32.2. The van der Waals surface area contributed by atoms with E-state index >= 15 is 0 Å². The third-order valence-electron chi connectivity index (χ3n) is 7.68. The van der Waals surface area contributed by atoms with E-state index in [1.165, 1.54) is 27.7 Å². The molecule has 9 nitrogen and oxygen atoms in total. The van der Waals surface area contributed by atoms with Crippen LogP contribution in [0.5, 0.6) is 0 Å². The number of carbonyl (C=O) groups is 2. The van der Waals surface area contributed by atoms with E-state index in [-0.39, 0.29) is 23.9 Å². The smallest absolute Gasteiger partial charge is 0.316 e. The van der Waals surface area contributed by atoms with E-state index in [0.29, 0.717) is 11.7 Å². The normalized spacial score (nSPS) is 46.2. The average molecular weight is 461 g/mol. The second-order valence-electron chi connectivity index (χ2n) is 10.1. The first-order valence-electron chi connectivity index (χ1n) is 10.9. The fraction of sp³-hybridized carbons (Fsp3) is 0.905. The Morgan fingerprint density at radius 3 is 2.32 bits per heavy atom. The molecule has 0 aliphatic carbocycles. The fourth-order valence-corrected chi connectivity index (χ4v) is 6.36. The Morgan fingerprint density at radius 2 is 1.71 bits per heavy atom. The number of nitrogens with one attached hydrogen (secondary N) is 2. The van der Waals surface area contributed by atoms with Crippen LogP contribution in [0, 0.1) is 0 Å². The minimum atomic E-state index is -2.07. The lowest BCUT2D eigenvalue weighted by Gasteiger charge is -2.64. The van der Waals surface area contributed by atoms with E-state index in [9.17, 15) is 24.9 Å². The van der Waals surface area contributed by atoms with E-state index in [1.807, 2.05) is 0 Å². The lowest BCUT2D eigenvalue weighted by atomic mass is 9.61. The maximum atomic E-state index is 12.6. The lowest BCUT2D eigenvalue weighted by molar-refractivity contribution is -0.442. The molecule has 0 aromatic carbocycles. The summed E-state index contributed by atoms with van der Waals surface area (Å²) in [5.74, 6) is -2.39. The summed E-state index contributed by atoms with van der Waals surface area (Å²) < 4.78 is 11.4. The quantitative estimate of drug-likeness (QED) is 0.296. The van der Waals surface area contributed by atoms with Crippen LogP contribution in [0.25, 0.3) is 0 Å². The standard InChI is InChI=1S/C21H36N2O7S/c1-17(2)18(3,26)19(4,27)20(5,28)21(6,30-17)29-14(24)10-8-7-9-12-11-13-15(31-12)23-16(25)22-13/h12-13,15,26-28H,7-11H2,1-6H3,(H2,22,23,25)/t12?,13-,15+,18+,19+,20-,21-/m0/s1. The molecule has 10 heteroatoms. The largest absolute Gasteiger partial charge is 0.430 e. The Hall–Kier alpha value is -1.07. The molecule has 1 unspecified atom stereocenters. The number of carbonyl (C=O) groups excluding carboxylic acids is 2. The second-order valence-corrected chi connectivity index (χ2v) is 11.6. The number of fused-ring (bicyclic) bond motifs is 1. The summed E-state index contributed by atoms with van der Waals surface area (Å²) >= 11 is 1.76. The van der Waals surface area contributed by atoms with Gasteiger partial charge < -0.3 is 35.4 Å². The molecule has 5 N–H and O–H groups in total. The van der Waals surface area contributed by atoms with Crippen molar-refractivity contribution in [2.75, 3.05) is 0 Å². The van der Waals surface area contributed by atoms with Gasteiger partial charge in [0, 0.05) is 18.6 Å². The van der Waals surface area contributed by atoms with Gasteiger partial charge in [0.15, 0.2) is 5.60 Å². The third kappa shape index (κ3) is 3.94. The molecule has 3 saturated heterocycles. The number of urea groups is 1. The monoisotopic (exact) mass is 460 g/mol. The Balaban J connectivity index is 1.52. The Kier molecular flexibility index (Phi) is 6.15. The summed E-state index contributed by atoms with van der Waals surface area (Å²) in [5, 5.41) is 39.4. The van der Waals surface area contributed by atoms with E-state index < -0.39 is 34.2 Å². The van der Waals surface area contributed by atoms with Crippen molar-refractivity contribution in [3.8, 4) is 0 Å². The number of amides is 2. The first kappa shape index (κ1) is 24.6. The van der Waals surface area contributed by atoms with Crippen LogP contribution in [0.2, 0.25) is 0 Å². The zero-order valence-corrected chi connectivity index (χ0v) is 20.0. The van der Waals surface area contributed by atoms with Crippen LogP contribution in [0.4, 0.5) is 4.79 Å². The number of aliphatic hydroxyl groups is 3. The van der Waals surface area contributed by atoms with Crippen LogP contribution in [0.3, 0.4) is 0 Å². The van der Waals surface area contributed by atoms with Crippen molar-refractivity contribution < 1.29 is 34.4 Å². The van der Waals surface area contributed by atoms with Gasteiger partial charge in [-0.25, -0.2) is 4.79 Å². The highest BCUT2D eigenvalue weighted by Crippen LogP contribution is 2.53. The zero-order valence-electron chi connectivity index (χ0n) is 19.2. The molecule has 3 fully saturated rings. The predicted octanol–water partition coefficient (Wildman–Crippen LogP) is 1.38. The van der Waals surface area contributed by atoms with E-state index in [0.717, 1.165) is 19.3 Å². The van der Waals surface area contributed by atoms with Gasteiger partial charge in [0.1, 0.15) is 11.2 Å². The molecule has 3 heterocycles. The predicted molar refractivity (Wildman–Crippen MR) is 115 cm³/mol. The van der Waals surface area contributed by atoms with Crippen molar-refractivity contribution in [3.63, 3.8) is 0 Å². The van der Waals surface area contributed by atoms with Crippen molar-refractivity contribution in [1.29, 1.82) is 0 Å². The molecule has 0 aromatic heterocycles. The topological polar surface area (TPSA) is 137 Å². The van der Waals surface area contributed by atoms with Crippen LogP contribution < -0.4 is 10.6 Å². The van der Waals surface area contributed by atoms with Crippen LogP contribution in [0.15, 0.2) is 0 Å². The number of hydrogen-bond donors (Lipinski definition) is 5. The minimum absolute atomic E-state index is 0.110. The highest BCUT2D eigenvalue weighted by molar-refractivity contribution is 8.00. The van der Waals surface area contributed by atoms with Crippen molar-refractivity contribution in [3.05, 3.63) is 0 Å². The molecule has 3 aliphatic rings. The van der Waals surface area contributed by atoms with E-state index in [2.05, 4.69) is 10.6 Å². The van der Waals surface area contributed by atoms with Crippen molar-refractivity contribution in [1.82, 2.24) is 10.6 Å². The second kappa shape index (κ2) is 7.76. The highest BCUT2D eigenvalue weighted by Gasteiger charge is 2.74. The van der Waals surface area contributed by atoms with Crippen LogP contribution in [0.1, 0.15) is 73.6 Å². The molecule has 2 amide bonds. The first-order chi connectivity index (χ1) is 14.0. The third-order valence-corrected chi connectivity index (χ3v) is 9.23. The summed E-state index contributed by atoms with van der Waals surface area (Å²) in [5.41, 5.74) is -7.18. The van der Waals surface area contributed by atoms with Crippen molar-refractivity contribution >= 4 is 23.8 Å². The molecule has 178 valence electrons. The molecule has 0 bridgehead atoms. The van der Waals surface area contributed by atoms with Crippen LogP contribution in [-0.4, -0.2) is 72.2 Å². The van der Waals surface area contributed by atoms with E-state index in [1.54, 1.807) is 25.6 Å². The first-order valence-corrected chi connectivity index (χ1v) is 11.8. The number of hydrogen-bond acceptors (Lipinski definition) is 8. The number of unbranched alkanes of at least 4 members (excludes halogenated alkanes) is 1. The molecular formula is C21H36N2O7S. The van der Waals surface area contributed by atoms with Gasteiger partial charge in [0.2, 0.25) is 5.79 Å². The lowest BCUT2D eigenvalue weighted by Crippen LogP contribution is -2.83. The number of rotatable bonds is 6. The molecule has 0 saturated carbocycles. The Labute approximate surface area is 187 Å².